The van der Waals surface area contributed by atoms with Gasteiger partial charge in [-0.05, 0) is 44.4 Å². The zero-order valence-electron chi connectivity index (χ0n) is 19.3. The number of hydrogen-bond acceptors (Lipinski definition) is 7. The first-order valence-electron chi connectivity index (χ1n) is 12.2. The lowest BCUT2D eigenvalue weighted by atomic mass is 9.91. The van der Waals surface area contributed by atoms with Gasteiger partial charge < -0.3 is 20.5 Å². The molecule has 8 nitrogen and oxygen atoms in total. The number of hydroxylamine groups is 1. The first-order chi connectivity index (χ1) is 15.6. The molecule has 32 heavy (non-hydrogen) atoms. The molecule has 0 saturated carbocycles. The molecule has 0 aliphatic carbocycles. The highest BCUT2D eigenvalue weighted by atomic mass is 16.7. The average Bonchev–Trinajstić information content (AvgIpc) is 3.39. The monoisotopic (exact) mass is 446 g/mol. The van der Waals surface area contributed by atoms with E-state index in [1.807, 2.05) is 0 Å². The van der Waals surface area contributed by atoms with Crippen LogP contribution in [0.5, 0.6) is 5.75 Å². The van der Waals surface area contributed by atoms with Crippen molar-refractivity contribution >= 4 is 5.91 Å². The van der Waals surface area contributed by atoms with Crippen LogP contribution in [-0.4, -0.2) is 54.5 Å². The van der Waals surface area contributed by atoms with Crippen LogP contribution in [0, 0.1) is 5.92 Å². The summed E-state index contributed by atoms with van der Waals surface area (Å²) in [5, 5.41) is 15.8. The summed E-state index contributed by atoms with van der Waals surface area (Å²) in [6, 6.07) is 6.12. The summed E-state index contributed by atoms with van der Waals surface area (Å²) in [5.41, 5.74) is 5.31. The maximum absolute atomic E-state index is 12.8. The summed E-state index contributed by atoms with van der Waals surface area (Å²) in [5.74, 6) is 0.811. The van der Waals surface area contributed by atoms with Crippen molar-refractivity contribution in [1.29, 1.82) is 0 Å². The molecule has 3 heterocycles. The van der Waals surface area contributed by atoms with Gasteiger partial charge in [0.15, 0.2) is 0 Å². The van der Waals surface area contributed by atoms with Crippen LogP contribution in [0.25, 0.3) is 0 Å². The van der Waals surface area contributed by atoms with Gasteiger partial charge >= 0.3 is 0 Å². The number of carbonyl (C=O) groups is 1. The number of nitrogens with zero attached hydrogens (tertiary/aromatic N) is 1. The van der Waals surface area contributed by atoms with Crippen LogP contribution in [0.4, 0.5) is 0 Å². The lowest BCUT2D eigenvalue weighted by Crippen LogP contribution is -2.46. The van der Waals surface area contributed by atoms with Gasteiger partial charge in [0.05, 0.1) is 12.6 Å². The Morgan fingerprint density at radius 3 is 3.00 bits per heavy atom. The van der Waals surface area contributed by atoms with Crippen LogP contribution in [-0.2, 0) is 9.63 Å². The molecule has 0 radical (unpaired) electrons. The number of amides is 1. The second kappa shape index (κ2) is 10.9. The summed E-state index contributed by atoms with van der Waals surface area (Å²) in [4.78, 5) is 20.9. The Labute approximate surface area is 191 Å². The van der Waals surface area contributed by atoms with Gasteiger partial charge in [0.2, 0.25) is 5.91 Å². The zero-order chi connectivity index (χ0) is 22.5. The van der Waals surface area contributed by atoms with E-state index in [4.69, 9.17) is 9.57 Å². The lowest BCUT2D eigenvalue weighted by Gasteiger charge is -2.29. The Balaban J connectivity index is 1.38. The van der Waals surface area contributed by atoms with E-state index in [1.165, 1.54) is 19.3 Å². The minimum atomic E-state index is -0.133. The Morgan fingerprint density at radius 1 is 1.31 bits per heavy atom. The van der Waals surface area contributed by atoms with Gasteiger partial charge in [0.1, 0.15) is 24.8 Å². The number of nitrogens with one attached hydrogen (secondary N) is 3. The van der Waals surface area contributed by atoms with E-state index < -0.39 is 0 Å². The summed E-state index contributed by atoms with van der Waals surface area (Å²) < 4.78 is 5.96. The predicted octanol–water partition coefficient (Wildman–Crippen LogP) is 2.36. The third kappa shape index (κ3) is 5.26. The molecule has 2 saturated heterocycles. The first kappa shape index (κ1) is 23.4. The van der Waals surface area contributed by atoms with Crippen LogP contribution in [0.1, 0.15) is 75.7 Å². The van der Waals surface area contributed by atoms with Crippen molar-refractivity contribution in [3.05, 3.63) is 29.3 Å². The highest BCUT2D eigenvalue weighted by Gasteiger charge is 2.35. The van der Waals surface area contributed by atoms with Crippen molar-refractivity contribution in [2.75, 3.05) is 26.3 Å². The zero-order valence-corrected chi connectivity index (χ0v) is 19.3. The Kier molecular flexibility index (Phi) is 8.02. The van der Waals surface area contributed by atoms with Gasteiger partial charge in [-0.1, -0.05) is 38.3 Å². The van der Waals surface area contributed by atoms with Crippen molar-refractivity contribution in [3.8, 4) is 5.75 Å². The summed E-state index contributed by atoms with van der Waals surface area (Å²) in [6.45, 7) is 6.56. The molecule has 1 aromatic rings. The molecule has 8 heteroatoms. The standard InChI is InChI=1S/C24H38N4O4/c1-3-4-5-6-11-28-16(2)32-27-23(28)17-7-8-20-21(15-31-22(20)13-17)26-24(30)18-9-10-25-19(12-18)14-29/h7-8,13,16,18-19,21,23,25,27,29H,3-6,9-12,14-15H2,1-2H3,(H,26,30)/t16?,18?,19?,21-,23?/m1/s1. The normalized spacial score (nSPS) is 30.2. The molecule has 0 spiro atoms. The highest BCUT2D eigenvalue weighted by molar-refractivity contribution is 5.79. The number of rotatable bonds is 9. The van der Waals surface area contributed by atoms with Gasteiger partial charge in [-0.2, -0.15) is 5.48 Å². The Bertz CT molecular complexity index is 776. The summed E-state index contributed by atoms with van der Waals surface area (Å²) in [6.07, 6.45) is 6.37. The molecule has 3 aliphatic rings. The molecule has 1 aromatic carbocycles. The molecule has 178 valence electrons. The van der Waals surface area contributed by atoms with Crippen LogP contribution in [0.2, 0.25) is 0 Å². The summed E-state index contributed by atoms with van der Waals surface area (Å²) in [7, 11) is 0. The smallest absolute Gasteiger partial charge is 0.223 e. The molecular formula is C24H38N4O4. The fourth-order valence-electron chi connectivity index (χ4n) is 4.99. The topological polar surface area (TPSA) is 95.1 Å². The number of fused-ring (bicyclic) bond motifs is 1. The largest absolute Gasteiger partial charge is 0.491 e. The summed E-state index contributed by atoms with van der Waals surface area (Å²) >= 11 is 0. The second-order valence-electron chi connectivity index (χ2n) is 9.26. The minimum Gasteiger partial charge on any atom is -0.491 e. The maximum Gasteiger partial charge on any atom is 0.223 e. The van der Waals surface area contributed by atoms with Crippen molar-refractivity contribution in [3.63, 3.8) is 0 Å². The molecular weight excluding hydrogens is 408 g/mol. The number of benzene rings is 1. The lowest BCUT2D eigenvalue weighted by molar-refractivity contribution is -0.127. The molecule has 3 aliphatic heterocycles. The van der Waals surface area contributed by atoms with Crippen molar-refractivity contribution in [2.24, 2.45) is 5.92 Å². The van der Waals surface area contributed by atoms with Crippen LogP contribution < -0.4 is 20.9 Å². The van der Waals surface area contributed by atoms with E-state index in [-0.39, 0.29) is 42.9 Å². The quantitative estimate of drug-likeness (QED) is 0.433. The Morgan fingerprint density at radius 2 is 2.19 bits per heavy atom. The first-order valence-corrected chi connectivity index (χ1v) is 12.2. The molecule has 0 bridgehead atoms. The number of piperidine rings is 1. The maximum atomic E-state index is 12.8. The molecule has 5 atom stereocenters. The molecule has 2 fully saturated rings. The van der Waals surface area contributed by atoms with Gasteiger partial charge in [0, 0.05) is 24.1 Å². The molecule has 4 unspecified atom stereocenters. The van der Waals surface area contributed by atoms with E-state index in [0.717, 1.165) is 42.8 Å². The highest BCUT2D eigenvalue weighted by Crippen LogP contribution is 2.37. The number of ether oxygens (including phenoxy) is 1. The Hall–Kier alpha value is -1.71. The van der Waals surface area contributed by atoms with Crippen molar-refractivity contribution < 1.29 is 19.5 Å². The van der Waals surface area contributed by atoms with Crippen LogP contribution in [0.3, 0.4) is 0 Å². The number of aliphatic hydroxyl groups excluding tert-OH is 1. The number of hydrogen-bond donors (Lipinski definition) is 4. The minimum absolute atomic E-state index is 0.000628. The molecule has 1 amide bonds. The predicted molar refractivity (Wildman–Crippen MR) is 122 cm³/mol. The third-order valence-corrected chi connectivity index (χ3v) is 6.96. The van der Waals surface area contributed by atoms with Gasteiger partial charge in [0.25, 0.3) is 0 Å². The molecule has 4 N–H and O–H groups in total. The fraction of sp³-hybridized carbons (Fsp3) is 0.708. The van der Waals surface area contributed by atoms with E-state index in [2.05, 4.69) is 53.1 Å². The van der Waals surface area contributed by atoms with E-state index in [9.17, 15) is 9.90 Å². The number of aliphatic hydroxyl groups is 1. The van der Waals surface area contributed by atoms with Crippen molar-refractivity contribution in [1.82, 2.24) is 21.0 Å². The number of unbranched alkanes of at least 4 members (excludes halogenated alkanes) is 3. The second-order valence-corrected chi connectivity index (χ2v) is 9.26. The average molecular weight is 447 g/mol. The van der Waals surface area contributed by atoms with Crippen LogP contribution in [0.15, 0.2) is 18.2 Å². The van der Waals surface area contributed by atoms with E-state index >= 15 is 0 Å². The van der Waals surface area contributed by atoms with Crippen LogP contribution >= 0.6 is 0 Å². The van der Waals surface area contributed by atoms with E-state index in [0.29, 0.717) is 13.0 Å². The van der Waals surface area contributed by atoms with Gasteiger partial charge in [-0.15, -0.1) is 0 Å². The SMILES string of the molecule is CCCCCCN1C(C)ONC1c1ccc2c(c1)OC[C@H]2NC(=O)C1CCNC(CO)C1. The van der Waals surface area contributed by atoms with Gasteiger partial charge in [-0.25, -0.2) is 0 Å². The fourth-order valence-corrected chi connectivity index (χ4v) is 4.99. The number of carbonyl (C=O) groups excluding carboxylic acids is 1. The van der Waals surface area contributed by atoms with Crippen molar-refractivity contribution in [2.45, 2.75) is 76.8 Å². The molecule has 0 aromatic heterocycles. The van der Waals surface area contributed by atoms with Gasteiger partial charge in [-0.3, -0.25) is 14.5 Å². The van der Waals surface area contributed by atoms with E-state index in [1.54, 1.807) is 0 Å². The molecule has 4 rings (SSSR count). The third-order valence-electron chi connectivity index (χ3n) is 6.96.